The summed E-state index contributed by atoms with van der Waals surface area (Å²) in [6.07, 6.45) is 0.791. The molecule has 0 saturated heterocycles. The van der Waals surface area contributed by atoms with Gasteiger partial charge in [-0.1, -0.05) is 11.6 Å². The number of carbonyl (C=O) groups excluding carboxylic acids is 2. The maximum Gasteiger partial charge on any atom is 0.373 e. The number of hydrogen-bond donors (Lipinski definition) is 1. The molecule has 0 aliphatic carbocycles. The minimum Gasteiger partial charge on any atom is -0.502 e. The number of halogens is 2. The Morgan fingerprint density at radius 1 is 1.47 bits per heavy atom. The zero-order valence-electron chi connectivity index (χ0n) is 8.74. The number of aliphatic hydroxyl groups is 1. The lowest BCUT2D eigenvalue weighted by Gasteiger charge is -2.01. The molecule has 0 amide bonds. The molecule has 1 rings (SSSR count). The van der Waals surface area contributed by atoms with Crippen LogP contribution in [0.5, 0.6) is 0 Å². The first-order chi connectivity index (χ1) is 7.95. The second-order valence-corrected chi connectivity index (χ2v) is 4.30. The monoisotopic (exact) mass is 318 g/mol. The van der Waals surface area contributed by atoms with Gasteiger partial charge in [-0.2, -0.15) is 0 Å². The van der Waals surface area contributed by atoms with Gasteiger partial charge in [-0.3, -0.25) is 4.79 Å². The normalized spacial score (nSPS) is 11.1. The third kappa shape index (κ3) is 3.57. The third-order valence-electron chi connectivity index (χ3n) is 1.86. The van der Waals surface area contributed by atoms with Crippen molar-refractivity contribution in [1.82, 2.24) is 0 Å². The molecular weight excluding hydrogens is 311 g/mol. The molecule has 0 saturated carbocycles. The van der Waals surface area contributed by atoms with Crippen LogP contribution in [0.25, 0.3) is 0 Å². The van der Waals surface area contributed by atoms with E-state index in [1.165, 1.54) is 18.2 Å². The van der Waals surface area contributed by atoms with Gasteiger partial charge in [0.05, 0.1) is 7.11 Å². The van der Waals surface area contributed by atoms with Crippen LogP contribution in [0, 0.1) is 0 Å². The molecule has 90 valence electrons. The molecule has 1 N–H and O–H groups in total. The summed E-state index contributed by atoms with van der Waals surface area (Å²) >= 11 is 8.88. The lowest BCUT2D eigenvalue weighted by Crippen LogP contribution is -2.07. The lowest BCUT2D eigenvalue weighted by atomic mass is 10.1. The van der Waals surface area contributed by atoms with E-state index >= 15 is 0 Å². The van der Waals surface area contributed by atoms with Crippen molar-refractivity contribution in [2.75, 3.05) is 7.11 Å². The second kappa shape index (κ2) is 5.84. The van der Waals surface area contributed by atoms with Crippen molar-refractivity contribution in [1.29, 1.82) is 0 Å². The van der Waals surface area contributed by atoms with Crippen LogP contribution in [-0.2, 0) is 9.53 Å². The molecule has 0 aliphatic rings. The number of methoxy groups -OCH3 is 1. The number of ether oxygens (including phenoxy) is 1. The van der Waals surface area contributed by atoms with Gasteiger partial charge in [0.1, 0.15) is 0 Å². The van der Waals surface area contributed by atoms with Gasteiger partial charge < -0.3 is 9.84 Å². The Balaban J connectivity index is 3.02. The Morgan fingerprint density at radius 3 is 2.65 bits per heavy atom. The molecule has 1 aromatic carbocycles. The van der Waals surface area contributed by atoms with Crippen LogP contribution in [0.4, 0.5) is 0 Å². The Labute approximate surface area is 111 Å². The Bertz CT molecular complexity index is 496. The van der Waals surface area contributed by atoms with Gasteiger partial charge >= 0.3 is 5.97 Å². The molecule has 6 heteroatoms. The quantitative estimate of drug-likeness (QED) is 0.403. The van der Waals surface area contributed by atoms with E-state index in [-0.39, 0.29) is 5.56 Å². The highest BCUT2D eigenvalue weighted by Gasteiger charge is 2.13. The summed E-state index contributed by atoms with van der Waals surface area (Å²) in [4.78, 5) is 22.6. The van der Waals surface area contributed by atoms with Crippen LogP contribution in [0.3, 0.4) is 0 Å². The average molecular weight is 320 g/mol. The third-order valence-corrected chi connectivity index (χ3v) is 2.75. The fraction of sp³-hybridized carbons (Fsp3) is 0.0909. The lowest BCUT2D eigenvalue weighted by molar-refractivity contribution is -0.139. The first kappa shape index (κ1) is 13.7. The van der Waals surface area contributed by atoms with E-state index in [9.17, 15) is 14.7 Å². The summed E-state index contributed by atoms with van der Waals surface area (Å²) in [6.45, 7) is 0. The molecule has 0 unspecified atom stereocenters. The van der Waals surface area contributed by atoms with Crippen LogP contribution in [-0.4, -0.2) is 24.0 Å². The zero-order chi connectivity index (χ0) is 13.0. The molecule has 1 aromatic rings. The van der Waals surface area contributed by atoms with Crippen molar-refractivity contribution >= 4 is 39.3 Å². The van der Waals surface area contributed by atoms with Crippen molar-refractivity contribution < 1.29 is 19.4 Å². The minimum atomic E-state index is -0.969. The standard InChI is InChI=1S/C11H8BrClO4/c1-17-11(16)10(15)5-9(14)7-3-2-6(13)4-8(7)12/h2-5,15H,1H3/b10-5-. The van der Waals surface area contributed by atoms with E-state index in [1.807, 2.05) is 0 Å². The number of rotatable bonds is 3. The summed E-state index contributed by atoms with van der Waals surface area (Å²) in [7, 11) is 1.11. The van der Waals surface area contributed by atoms with E-state index in [4.69, 9.17) is 11.6 Å². The molecule has 0 atom stereocenters. The highest BCUT2D eigenvalue weighted by Crippen LogP contribution is 2.22. The first-order valence-electron chi connectivity index (χ1n) is 4.44. The molecule has 0 spiro atoms. The van der Waals surface area contributed by atoms with Crippen molar-refractivity contribution in [3.05, 3.63) is 45.1 Å². The van der Waals surface area contributed by atoms with Crippen molar-refractivity contribution in [2.45, 2.75) is 0 Å². The van der Waals surface area contributed by atoms with Crippen LogP contribution < -0.4 is 0 Å². The highest BCUT2D eigenvalue weighted by atomic mass is 79.9. The fourth-order valence-electron chi connectivity index (χ4n) is 1.05. The number of benzene rings is 1. The molecule has 0 aromatic heterocycles. The van der Waals surface area contributed by atoms with Gasteiger partial charge in [-0.15, -0.1) is 0 Å². The average Bonchev–Trinajstić information content (AvgIpc) is 2.27. The van der Waals surface area contributed by atoms with Crippen molar-refractivity contribution in [3.8, 4) is 0 Å². The van der Waals surface area contributed by atoms with Crippen LogP contribution in [0.1, 0.15) is 10.4 Å². The number of allylic oxidation sites excluding steroid dienone is 1. The molecule has 17 heavy (non-hydrogen) atoms. The van der Waals surface area contributed by atoms with Gasteiger partial charge in [0.2, 0.25) is 5.76 Å². The molecule has 0 heterocycles. The fourth-order valence-corrected chi connectivity index (χ4v) is 1.93. The molecule has 4 nitrogen and oxygen atoms in total. The summed E-state index contributed by atoms with van der Waals surface area (Å²) in [6, 6.07) is 4.55. The number of aliphatic hydroxyl groups excluding tert-OH is 1. The zero-order valence-corrected chi connectivity index (χ0v) is 11.1. The van der Waals surface area contributed by atoms with Crippen molar-refractivity contribution in [2.24, 2.45) is 0 Å². The number of carbonyl (C=O) groups is 2. The van der Waals surface area contributed by atoms with E-state index in [1.54, 1.807) is 0 Å². The highest BCUT2D eigenvalue weighted by molar-refractivity contribution is 9.10. The van der Waals surface area contributed by atoms with Gasteiger partial charge in [0.25, 0.3) is 0 Å². The van der Waals surface area contributed by atoms with E-state index in [0.717, 1.165) is 13.2 Å². The van der Waals surface area contributed by atoms with Gasteiger partial charge in [0.15, 0.2) is 5.78 Å². The minimum absolute atomic E-state index is 0.282. The molecular formula is C11H8BrClO4. The van der Waals surface area contributed by atoms with Gasteiger partial charge in [-0.25, -0.2) is 4.79 Å². The maximum absolute atomic E-state index is 11.7. The summed E-state index contributed by atoms with van der Waals surface area (Å²) in [5.41, 5.74) is 0.282. The first-order valence-corrected chi connectivity index (χ1v) is 5.61. The number of ketones is 1. The largest absolute Gasteiger partial charge is 0.502 e. The van der Waals surface area contributed by atoms with Crippen LogP contribution in [0.15, 0.2) is 34.5 Å². The van der Waals surface area contributed by atoms with E-state index < -0.39 is 17.5 Å². The molecule has 0 radical (unpaired) electrons. The van der Waals surface area contributed by atoms with Gasteiger partial charge in [0, 0.05) is 21.1 Å². The number of esters is 1. The summed E-state index contributed by atoms with van der Waals surface area (Å²) in [5.74, 6) is -2.25. The molecule has 0 aliphatic heterocycles. The second-order valence-electron chi connectivity index (χ2n) is 3.01. The Kier molecular flexibility index (Phi) is 4.72. The molecule has 0 bridgehead atoms. The van der Waals surface area contributed by atoms with Crippen LogP contribution >= 0.6 is 27.5 Å². The number of hydrogen-bond acceptors (Lipinski definition) is 4. The predicted molar refractivity (Wildman–Crippen MR) is 66.2 cm³/mol. The molecule has 0 fully saturated rings. The predicted octanol–water partition coefficient (Wildman–Crippen LogP) is 2.90. The summed E-state index contributed by atoms with van der Waals surface area (Å²) in [5, 5.41) is 9.69. The van der Waals surface area contributed by atoms with E-state index in [2.05, 4.69) is 20.7 Å². The van der Waals surface area contributed by atoms with Gasteiger partial charge in [-0.05, 0) is 34.1 Å². The maximum atomic E-state index is 11.7. The Morgan fingerprint density at radius 2 is 2.12 bits per heavy atom. The van der Waals surface area contributed by atoms with Crippen molar-refractivity contribution in [3.63, 3.8) is 0 Å². The SMILES string of the molecule is COC(=O)/C(O)=C/C(=O)c1ccc(Cl)cc1Br. The van der Waals surface area contributed by atoms with Crippen LogP contribution in [0.2, 0.25) is 5.02 Å². The summed E-state index contributed by atoms with van der Waals surface area (Å²) < 4.78 is 4.73. The smallest absolute Gasteiger partial charge is 0.373 e. The topological polar surface area (TPSA) is 63.6 Å². The Hall–Kier alpha value is -1.33. The van der Waals surface area contributed by atoms with E-state index in [0.29, 0.717) is 9.50 Å².